The van der Waals surface area contributed by atoms with Gasteiger partial charge >= 0.3 is 0 Å². The zero-order valence-corrected chi connectivity index (χ0v) is 18.4. The molecular weight excluding hydrogens is 360 g/mol. The average molecular weight is 394 g/mol. The summed E-state index contributed by atoms with van der Waals surface area (Å²) in [6.45, 7) is 8.76. The summed E-state index contributed by atoms with van der Waals surface area (Å²) in [4.78, 5) is 2.09. The lowest BCUT2D eigenvalue weighted by molar-refractivity contribution is -0.185. The van der Waals surface area contributed by atoms with Crippen molar-refractivity contribution < 1.29 is 9.94 Å². The fraction of sp³-hybridized carbons (Fsp3) is 0.360. The van der Waals surface area contributed by atoms with Gasteiger partial charge in [0.1, 0.15) is 23.4 Å². The monoisotopic (exact) mass is 393 g/mol. The van der Waals surface area contributed by atoms with E-state index < -0.39 is 0 Å². The summed E-state index contributed by atoms with van der Waals surface area (Å²) in [6.07, 6.45) is 6.38. The Morgan fingerprint density at radius 2 is 1.41 bits per heavy atom. The van der Waals surface area contributed by atoms with E-state index in [9.17, 15) is 0 Å². The molecule has 154 valence electrons. The number of ether oxygens (including phenoxy) is 1. The molecule has 0 aliphatic carbocycles. The van der Waals surface area contributed by atoms with E-state index >= 15 is 0 Å². The minimum atomic E-state index is -0.325. The van der Waals surface area contributed by atoms with E-state index in [1.54, 1.807) is 5.06 Å². The molecule has 0 unspecified atom stereocenters. The molecule has 0 aromatic heterocycles. The minimum Gasteiger partial charge on any atom is -0.489 e. The molecule has 0 bridgehead atoms. The molecule has 0 amide bonds. The summed E-state index contributed by atoms with van der Waals surface area (Å²) >= 11 is 0. The van der Waals surface area contributed by atoms with Crippen LogP contribution in [0.1, 0.15) is 38.8 Å². The quantitative estimate of drug-likeness (QED) is 0.404. The van der Waals surface area contributed by atoms with Gasteiger partial charge < -0.3 is 14.8 Å². The third-order valence-corrected chi connectivity index (χ3v) is 5.60. The van der Waals surface area contributed by atoms with Crippen molar-refractivity contribution in [3.05, 3.63) is 71.3 Å². The largest absolute Gasteiger partial charge is 0.489 e. The van der Waals surface area contributed by atoms with E-state index in [1.807, 2.05) is 26.2 Å². The second-order valence-corrected chi connectivity index (χ2v) is 8.89. The third-order valence-electron chi connectivity index (χ3n) is 5.60. The second-order valence-electron chi connectivity index (χ2n) is 8.89. The normalized spacial score (nSPS) is 18.1. The fourth-order valence-corrected chi connectivity index (χ4v) is 3.66. The highest BCUT2D eigenvalue weighted by molar-refractivity contribution is 5.70. The van der Waals surface area contributed by atoms with Crippen LogP contribution in [-0.2, 0) is 0 Å². The highest BCUT2D eigenvalue weighted by atomic mass is 16.5. The lowest BCUT2D eigenvalue weighted by Crippen LogP contribution is -2.48. The van der Waals surface area contributed by atoms with Gasteiger partial charge in [0.2, 0.25) is 0 Å². The first-order valence-electron chi connectivity index (χ1n) is 10.0. The highest BCUT2D eigenvalue weighted by Crippen LogP contribution is 2.38. The van der Waals surface area contributed by atoms with Crippen molar-refractivity contribution in [3.8, 4) is 5.75 Å². The zero-order chi connectivity index (χ0) is 21.2. The summed E-state index contributed by atoms with van der Waals surface area (Å²) in [5.41, 5.74) is 4.04. The summed E-state index contributed by atoms with van der Waals surface area (Å²) in [7, 11) is 4.09. The Kier molecular flexibility index (Phi) is 5.87. The Balaban J connectivity index is 1.61. The molecule has 4 heteroatoms. The van der Waals surface area contributed by atoms with Gasteiger partial charge in [-0.3, -0.25) is 0 Å². The number of hydrogen-bond acceptors (Lipinski definition) is 3. The van der Waals surface area contributed by atoms with Crippen molar-refractivity contribution in [3.63, 3.8) is 0 Å². The second kappa shape index (κ2) is 8.05. The summed E-state index contributed by atoms with van der Waals surface area (Å²) < 4.78 is 6.01. The predicted molar refractivity (Wildman–Crippen MR) is 123 cm³/mol. The summed E-state index contributed by atoms with van der Waals surface area (Å²) in [5, 5.41) is 10.00. The first-order chi connectivity index (χ1) is 13.6. The Hall–Kier alpha value is -2.56. The summed E-state index contributed by atoms with van der Waals surface area (Å²) in [5.74, 6) is 0.843. The van der Waals surface area contributed by atoms with Crippen molar-refractivity contribution >= 4 is 17.8 Å². The number of anilines is 1. The smallest absolute Gasteiger partial charge is 0.119 e. The molecule has 29 heavy (non-hydrogen) atoms. The van der Waals surface area contributed by atoms with Gasteiger partial charge in [0.25, 0.3) is 0 Å². The Labute approximate surface area is 174 Å². The number of benzene rings is 2. The fourth-order valence-electron chi connectivity index (χ4n) is 3.66. The molecule has 0 atom stereocenters. The first-order valence-corrected chi connectivity index (χ1v) is 10.0. The molecule has 2 aromatic rings. The standard InChI is InChI=1S/C25H32N2O2/c1-24(2)17-21(25(3,4)27(24)28)18-29-23-15-11-20(12-16-23)8-7-19-9-13-22(14-10-19)26(5)6/h7-17,28H,18H2,1-6H3/p+1/b8-7+. The van der Waals surface area contributed by atoms with Gasteiger partial charge in [-0.15, -0.1) is 0 Å². The predicted octanol–water partition coefficient (Wildman–Crippen LogP) is 4.74. The molecule has 0 spiro atoms. The molecule has 2 aromatic carbocycles. The van der Waals surface area contributed by atoms with Gasteiger partial charge in [-0.05, 0) is 68.7 Å². The van der Waals surface area contributed by atoms with Gasteiger partial charge in [-0.2, -0.15) is 0 Å². The van der Waals surface area contributed by atoms with Crippen LogP contribution in [0.5, 0.6) is 5.75 Å². The first kappa shape index (κ1) is 21.2. The number of rotatable bonds is 6. The molecule has 0 saturated carbocycles. The van der Waals surface area contributed by atoms with E-state index in [-0.39, 0.29) is 11.1 Å². The Morgan fingerprint density at radius 3 is 1.86 bits per heavy atom. The number of hydroxylamine groups is 2. The molecular formula is C25H33N2O2+. The van der Waals surface area contributed by atoms with Crippen LogP contribution in [0.15, 0.2) is 60.2 Å². The third kappa shape index (κ3) is 4.72. The van der Waals surface area contributed by atoms with E-state index in [2.05, 4.69) is 87.2 Å². The maximum absolute atomic E-state index is 8.34. The van der Waals surface area contributed by atoms with Crippen molar-refractivity contribution in [2.45, 2.75) is 38.8 Å². The van der Waals surface area contributed by atoms with Gasteiger partial charge in [0.15, 0.2) is 0 Å². The van der Waals surface area contributed by atoms with E-state index in [0.29, 0.717) is 6.61 Å². The highest BCUT2D eigenvalue weighted by Gasteiger charge is 2.49. The van der Waals surface area contributed by atoms with Gasteiger partial charge in [-0.1, -0.05) is 47.6 Å². The number of nitrogens with zero attached hydrogens (tertiary/aromatic N) is 2. The molecule has 2 N–H and O–H groups in total. The van der Waals surface area contributed by atoms with Crippen LogP contribution in [0.4, 0.5) is 5.69 Å². The SMILES string of the molecule is CN(C)c1ccc(/C=C/c2ccc(OCC3=CC(C)(C)N([OH2+])C3(C)C)cc2)cc1. The lowest BCUT2D eigenvalue weighted by atomic mass is 9.97. The van der Waals surface area contributed by atoms with Crippen molar-refractivity contribution in [2.75, 3.05) is 25.6 Å². The van der Waals surface area contributed by atoms with Crippen molar-refractivity contribution in [2.24, 2.45) is 0 Å². The molecule has 1 heterocycles. The van der Waals surface area contributed by atoms with E-state index in [4.69, 9.17) is 9.94 Å². The van der Waals surface area contributed by atoms with Crippen LogP contribution < -0.4 is 9.64 Å². The average Bonchev–Trinajstić information content (AvgIpc) is 2.85. The van der Waals surface area contributed by atoms with Crippen LogP contribution >= 0.6 is 0 Å². The molecule has 4 nitrogen and oxygen atoms in total. The topological polar surface area (TPSA) is 38.6 Å². The van der Waals surface area contributed by atoms with E-state index in [1.165, 1.54) is 11.3 Å². The zero-order valence-electron chi connectivity index (χ0n) is 18.4. The van der Waals surface area contributed by atoms with E-state index in [0.717, 1.165) is 16.9 Å². The van der Waals surface area contributed by atoms with Crippen LogP contribution in [0.25, 0.3) is 12.2 Å². The van der Waals surface area contributed by atoms with Crippen LogP contribution in [0.3, 0.4) is 0 Å². The van der Waals surface area contributed by atoms with Crippen molar-refractivity contribution in [1.29, 1.82) is 0 Å². The molecule has 0 radical (unpaired) electrons. The van der Waals surface area contributed by atoms with Crippen molar-refractivity contribution in [1.82, 2.24) is 5.06 Å². The molecule has 1 aliphatic heterocycles. The lowest BCUT2D eigenvalue weighted by Gasteiger charge is -2.31. The minimum absolute atomic E-state index is 0.276. The Bertz CT molecular complexity index is 891. The van der Waals surface area contributed by atoms with Gasteiger partial charge in [0.05, 0.1) is 0 Å². The maximum atomic E-state index is 8.34. The van der Waals surface area contributed by atoms with Gasteiger partial charge in [-0.25, -0.2) is 0 Å². The maximum Gasteiger partial charge on any atom is 0.119 e. The molecule has 3 rings (SSSR count). The van der Waals surface area contributed by atoms with Crippen LogP contribution in [0.2, 0.25) is 0 Å². The summed E-state index contributed by atoms with van der Waals surface area (Å²) in [6, 6.07) is 16.6. The number of hydrogen-bond donors (Lipinski definition) is 0. The van der Waals surface area contributed by atoms with Crippen LogP contribution in [-0.4, -0.2) is 42.1 Å². The molecule has 0 saturated heterocycles. The van der Waals surface area contributed by atoms with Crippen LogP contribution in [0, 0.1) is 0 Å². The van der Waals surface area contributed by atoms with Gasteiger partial charge in [0, 0.05) is 19.8 Å². The molecule has 1 aliphatic rings. The molecule has 0 fully saturated rings. The Morgan fingerprint density at radius 1 is 0.897 bits per heavy atom.